The van der Waals surface area contributed by atoms with Gasteiger partial charge in [-0.15, -0.1) is 11.3 Å². The summed E-state index contributed by atoms with van der Waals surface area (Å²) in [6.07, 6.45) is 13.5. The SMILES string of the molecule is O=C(CN1C2CCC1CC(NC(=O)NC13CC4CC(CC(C4)C1)C3)C2)Nc1nccs1. The van der Waals surface area contributed by atoms with Crippen molar-refractivity contribution in [3.05, 3.63) is 11.6 Å². The van der Waals surface area contributed by atoms with Gasteiger partial charge in [0, 0.05) is 35.2 Å². The van der Waals surface area contributed by atoms with Gasteiger partial charge in [0.25, 0.3) is 0 Å². The van der Waals surface area contributed by atoms with Crippen LogP contribution in [0.4, 0.5) is 9.93 Å². The molecule has 2 saturated heterocycles. The van der Waals surface area contributed by atoms with E-state index in [1.165, 1.54) is 49.9 Å². The number of hydrogen-bond donors (Lipinski definition) is 3. The van der Waals surface area contributed by atoms with Crippen LogP contribution in [-0.2, 0) is 4.79 Å². The van der Waals surface area contributed by atoms with Crippen molar-refractivity contribution >= 4 is 28.4 Å². The van der Waals surface area contributed by atoms with Crippen molar-refractivity contribution in [3.63, 3.8) is 0 Å². The normalized spacial score (nSPS) is 40.6. The van der Waals surface area contributed by atoms with Crippen LogP contribution in [0.2, 0.25) is 0 Å². The molecule has 31 heavy (non-hydrogen) atoms. The number of fused-ring (bicyclic) bond motifs is 2. The standard InChI is InChI=1S/C23H33N5O2S/c29-20(26-22-24-3-4-31-22)13-28-18-1-2-19(28)9-17(8-18)25-21(30)27-23-10-14-5-15(11-23)7-16(6-14)12-23/h3-4,14-19H,1-2,5-13H2,(H,24,26,29)(H2,25,27,30). The number of amides is 3. The Labute approximate surface area is 187 Å². The van der Waals surface area contributed by atoms with Gasteiger partial charge in [-0.25, -0.2) is 9.78 Å². The number of piperidine rings is 1. The van der Waals surface area contributed by atoms with Crippen LogP contribution in [0.25, 0.3) is 0 Å². The summed E-state index contributed by atoms with van der Waals surface area (Å²) in [4.78, 5) is 31.9. The molecule has 4 aliphatic carbocycles. The molecule has 1 aromatic heterocycles. The van der Waals surface area contributed by atoms with Gasteiger partial charge in [-0.3, -0.25) is 9.69 Å². The average Bonchev–Trinajstić information content (AvgIpc) is 3.26. The van der Waals surface area contributed by atoms with Crippen LogP contribution in [-0.4, -0.2) is 52.0 Å². The van der Waals surface area contributed by atoms with Crippen molar-refractivity contribution < 1.29 is 9.59 Å². The zero-order valence-corrected chi connectivity index (χ0v) is 18.8. The maximum atomic E-state index is 13.0. The van der Waals surface area contributed by atoms with Crippen LogP contribution in [0.15, 0.2) is 11.6 Å². The summed E-state index contributed by atoms with van der Waals surface area (Å²) in [5.74, 6) is 2.52. The lowest BCUT2D eigenvalue weighted by Crippen LogP contribution is -2.63. The predicted molar refractivity (Wildman–Crippen MR) is 120 cm³/mol. The van der Waals surface area contributed by atoms with Crippen LogP contribution in [0.5, 0.6) is 0 Å². The summed E-state index contributed by atoms with van der Waals surface area (Å²) in [5.41, 5.74) is 0.0619. The molecule has 8 heteroatoms. The highest BCUT2D eigenvalue weighted by atomic mass is 32.1. The number of urea groups is 1. The second kappa shape index (κ2) is 7.73. The smallest absolute Gasteiger partial charge is 0.315 e. The molecule has 0 aromatic carbocycles. The first-order chi connectivity index (χ1) is 15.0. The zero-order valence-electron chi connectivity index (χ0n) is 18.0. The van der Waals surface area contributed by atoms with Gasteiger partial charge in [0.1, 0.15) is 0 Å². The van der Waals surface area contributed by atoms with Gasteiger partial charge in [-0.1, -0.05) is 0 Å². The highest BCUT2D eigenvalue weighted by molar-refractivity contribution is 7.13. The van der Waals surface area contributed by atoms with Gasteiger partial charge in [0.2, 0.25) is 5.91 Å². The van der Waals surface area contributed by atoms with Crippen molar-refractivity contribution in [2.45, 2.75) is 87.9 Å². The molecule has 3 heterocycles. The van der Waals surface area contributed by atoms with Gasteiger partial charge in [-0.2, -0.15) is 0 Å². The van der Waals surface area contributed by atoms with Gasteiger partial charge in [0.15, 0.2) is 5.13 Å². The fourth-order valence-corrected chi connectivity index (χ4v) is 8.53. The van der Waals surface area contributed by atoms with Gasteiger partial charge in [-0.05, 0) is 82.0 Å². The van der Waals surface area contributed by atoms with E-state index < -0.39 is 0 Å². The van der Waals surface area contributed by atoms with Crippen LogP contribution in [0, 0.1) is 17.8 Å². The van der Waals surface area contributed by atoms with Crippen LogP contribution < -0.4 is 16.0 Å². The van der Waals surface area contributed by atoms with E-state index in [-0.39, 0.29) is 23.5 Å². The predicted octanol–water partition coefficient (Wildman–Crippen LogP) is 3.35. The Bertz CT molecular complexity index is 794. The molecule has 6 aliphatic rings. The lowest BCUT2D eigenvalue weighted by molar-refractivity contribution is -0.118. The summed E-state index contributed by atoms with van der Waals surface area (Å²) in [5, 5.41) is 12.2. The number of hydrogen-bond acceptors (Lipinski definition) is 5. The van der Waals surface area contributed by atoms with E-state index in [0.717, 1.165) is 43.4 Å². The number of aromatic nitrogens is 1. The third-order valence-electron chi connectivity index (χ3n) is 8.64. The molecule has 1 aromatic rings. The van der Waals surface area contributed by atoms with E-state index in [2.05, 4.69) is 25.8 Å². The molecule has 2 atom stereocenters. The van der Waals surface area contributed by atoms with Crippen LogP contribution >= 0.6 is 11.3 Å². The molecular formula is C23H33N5O2S. The van der Waals surface area contributed by atoms with Crippen molar-refractivity contribution in [1.82, 2.24) is 20.5 Å². The molecule has 7 nitrogen and oxygen atoms in total. The minimum absolute atomic E-state index is 0.0119. The first kappa shape index (κ1) is 20.0. The Morgan fingerprint density at radius 1 is 1.03 bits per heavy atom. The van der Waals surface area contributed by atoms with E-state index in [4.69, 9.17) is 0 Å². The van der Waals surface area contributed by atoms with E-state index in [0.29, 0.717) is 23.8 Å². The Morgan fingerprint density at radius 2 is 1.68 bits per heavy atom. The summed E-state index contributed by atoms with van der Waals surface area (Å²) in [7, 11) is 0. The largest absolute Gasteiger partial charge is 0.335 e. The number of carbonyl (C=O) groups excluding carboxylic acids is 2. The summed E-state index contributed by atoms with van der Waals surface area (Å²) in [6, 6.07) is 1.02. The third-order valence-corrected chi connectivity index (χ3v) is 9.33. The molecule has 7 rings (SSSR count). The van der Waals surface area contributed by atoms with Gasteiger partial charge in [0.05, 0.1) is 6.54 Å². The molecular weight excluding hydrogens is 410 g/mol. The van der Waals surface area contributed by atoms with Crippen molar-refractivity contribution in [3.8, 4) is 0 Å². The van der Waals surface area contributed by atoms with Gasteiger partial charge < -0.3 is 16.0 Å². The monoisotopic (exact) mass is 443 g/mol. The quantitative estimate of drug-likeness (QED) is 0.651. The topological polar surface area (TPSA) is 86.4 Å². The molecule has 2 unspecified atom stereocenters. The second-order valence-electron chi connectivity index (χ2n) is 10.9. The molecule has 3 amide bonds. The number of thiazole rings is 1. The fourth-order valence-electron chi connectivity index (χ4n) is 7.99. The maximum absolute atomic E-state index is 13.0. The molecule has 168 valence electrons. The maximum Gasteiger partial charge on any atom is 0.315 e. The lowest BCUT2D eigenvalue weighted by Gasteiger charge is -2.56. The number of rotatable bonds is 5. The van der Waals surface area contributed by atoms with Crippen molar-refractivity contribution in [2.75, 3.05) is 11.9 Å². The Balaban J connectivity index is 1.02. The lowest BCUT2D eigenvalue weighted by atomic mass is 9.53. The van der Waals surface area contributed by atoms with Gasteiger partial charge >= 0.3 is 6.03 Å². The van der Waals surface area contributed by atoms with E-state index in [1.54, 1.807) is 6.20 Å². The van der Waals surface area contributed by atoms with Crippen LogP contribution in [0.1, 0.15) is 64.2 Å². The highest BCUT2D eigenvalue weighted by Crippen LogP contribution is 2.55. The molecule has 2 aliphatic heterocycles. The minimum Gasteiger partial charge on any atom is -0.335 e. The number of anilines is 1. The number of nitrogens with zero attached hydrogens (tertiary/aromatic N) is 2. The second-order valence-corrected chi connectivity index (χ2v) is 11.8. The Kier molecular flexibility index (Phi) is 4.98. The molecule has 3 N–H and O–H groups in total. The molecule has 6 fully saturated rings. The first-order valence-corrected chi connectivity index (χ1v) is 13.0. The highest BCUT2D eigenvalue weighted by Gasteiger charge is 2.52. The molecule has 0 radical (unpaired) electrons. The molecule has 6 bridgehead atoms. The number of nitrogens with one attached hydrogen (secondary N) is 3. The zero-order chi connectivity index (χ0) is 21.0. The molecule has 0 spiro atoms. The summed E-state index contributed by atoms with van der Waals surface area (Å²) < 4.78 is 0. The van der Waals surface area contributed by atoms with Crippen molar-refractivity contribution in [2.24, 2.45) is 17.8 Å². The Hall–Kier alpha value is -1.67. The minimum atomic E-state index is 0.0119. The van der Waals surface area contributed by atoms with E-state index in [1.807, 2.05) is 5.38 Å². The van der Waals surface area contributed by atoms with E-state index in [9.17, 15) is 9.59 Å². The summed E-state index contributed by atoms with van der Waals surface area (Å²) >= 11 is 1.44. The van der Waals surface area contributed by atoms with Crippen molar-refractivity contribution in [1.29, 1.82) is 0 Å². The number of carbonyl (C=O) groups is 2. The molecule has 4 saturated carbocycles. The third kappa shape index (κ3) is 3.97. The summed E-state index contributed by atoms with van der Waals surface area (Å²) in [6.45, 7) is 0.418. The first-order valence-electron chi connectivity index (χ1n) is 12.1. The fraction of sp³-hybridized carbons (Fsp3) is 0.783. The van der Waals surface area contributed by atoms with E-state index >= 15 is 0 Å². The Morgan fingerprint density at radius 3 is 2.26 bits per heavy atom. The average molecular weight is 444 g/mol. The van der Waals surface area contributed by atoms with Crippen LogP contribution in [0.3, 0.4) is 0 Å².